The molecular formula is C61H42N4O2. The molecule has 318 valence electrons. The Hall–Kier alpha value is -8.74. The Labute approximate surface area is 387 Å². The lowest BCUT2D eigenvalue weighted by Gasteiger charge is -2.29. The lowest BCUT2D eigenvalue weighted by molar-refractivity contribution is 0.619. The highest BCUT2D eigenvalue weighted by Gasteiger charge is 2.37. The molecule has 1 aliphatic rings. The Kier molecular flexibility index (Phi) is 8.77. The fourth-order valence-corrected chi connectivity index (χ4v) is 10.0. The molecule has 0 saturated heterocycles. The van der Waals surface area contributed by atoms with Crippen molar-refractivity contribution in [3.63, 3.8) is 0 Å². The zero-order chi connectivity index (χ0) is 44.6. The molecule has 2 aromatic heterocycles. The number of benzene rings is 10. The molecule has 0 aliphatic heterocycles. The van der Waals surface area contributed by atoms with Gasteiger partial charge in [-0.25, -0.2) is 9.97 Å². The van der Waals surface area contributed by atoms with Crippen molar-refractivity contribution in [3.05, 3.63) is 230 Å². The lowest BCUT2D eigenvalue weighted by atomic mass is 9.82. The maximum Gasteiger partial charge on any atom is 0.227 e. The van der Waals surface area contributed by atoms with E-state index in [0.29, 0.717) is 11.8 Å². The molecule has 6 nitrogen and oxygen atoms in total. The minimum Gasteiger partial charge on any atom is -0.436 e. The predicted molar refractivity (Wildman–Crippen MR) is 274 cm³/mol. The third kappa shape index (κ3) is 6.56. The van der Waals surface area contributed by atoms with Crippen LogP contribution in [0.4, 0.5) is 34.1 Å². The SMILES string of the molecule is CC1(C)c2cc(N(c3ccc(-c4nc5ccccc5o4)cc3)c3ccc4ccccc4c3)ccc2-c2ccc(N(c3ccc(-c4nc5ccccc5o4)cc3)c3ccc4ccccc4c3)cc21. The third-order valence-electron chi connectivity index (χ3n) is 13.5. The van der Waals surface area contributed by atoms with Crippen molar-refractivity contribution < 1.29 is 8.83 Å². The van der Waals surface area contributed by atoms with Gasteiger partial charge in [-0.2, -0.15) is 0 Å². The van der Waals surface area contributed by atoms with E-state index in [1.165, 1.54) is 43.8 Å². The van der Waals surface area contributed by atoms with Crippen LogP contribution < -0.4 is 9.80 Å². The van der Waals surface area contributed by atoms with Crippen LogP contribution >= 0.6 is 0 Å². The summed E-state index contributed by atoms with van der Waals surface area (Å²) >= 11 is 0. The van der Waals surface area contributed by atoms with Crippen molar-refractivity contribution in [3.8, 4) is 34.0 Å². The van der Waals surface area contributed by atoms with Crippen molar-refractivity contribution in [2.75, 3.05) is 9.80 Å². The van der Waals surface area contributed by atoms with E-state index >= 15 is 0 Å². The van der Waals surface area contributed by atoms with Gasteiger partial charge in [-0.05, 0) is 165 Å². The second-order valence-corrected chi connectivity index (χ2v) is 17.9. The van der Waals surface area contributed by atoms with Crippen molar-refractivity contribution in [2.45, 2.75) is 19.3 Å². The highest BCUT2D eigenvalue weighted by Crippen LogP contribution is 2.53. The van der Waals surface area contributed by atoms with E-state index < -0.39 is 0 Å². The molecule has 0 atom stereocenters. The van der Waals surface area contributed by atoms with Gasteiger partial charge >= 0.3 is 0 Å². The van der Waals surface area contributed by atoms with E-state index in [-0.39, 0.29) is 5.41 Å². The van der Waals surface area contributed by atoms with Gasteiger partial charge in [0.2, 0.25) is 11.8 Å². The molecule has 12 aromatic rings. The van der Waals surface area contributed by atoms with Crippen LogP contribution in [0.3, 0.4) is 0 Å². The monoisotopic (exact) mass is 862 g/mol. The van der Waals surface area contributed by atoms with Gasteiger partial charge in [-0.15, -0.1) is 0 Å². The van der Waals surface area contributed by atoms with Gasteiger partial charge in [0.25, 0.3) is 0 Å². The number of nitrogens with zero attached hydrogens (tertiary/aromatic N) is 4. The first-order valence-corrected chi connectivity index (χ1v) is 22.7. The molecule has 0 fully saturated rings. The maximum absolute atomic E-state index is 6.16. The lowest BCUT2D eigenvalue weighted by Crippen LogP contribution is -2.17. The average molecular weight is 863 g/mol. The van der Waals surface area contributed by atoms with Crippen LogP contribution in [0.2, 0.25) is 0 Å². The summed E-state index contributed by atoms with van der Waals surface area (Å²) in [6, 6.07) is 77.3. The standard InChI is InChI=1S/C61H42N4O2/c1-61(2)53-37-49(64(47-29-19-39-11-3-5-13-43(39)35-47)45-25-21-41(22-26-45)59-62-55-15-7-9-17-57(55)66-59)31-33-51(53)52-34-32-50(38-54(52)61)65(48-30-20-40-12-4-6-14-44(40)36-48)46-27-23-42(24-28-46)60-63-56-16-8-10-18-58(56)67-60/h3-38H,1-2H3. The molecule has 13 rings (SSSR count). The molecule has 6 heteroatoms. The number of hydrogen-bond acceptors (Lipinski definition) is 6. The fourth-order valence-electron chi connectivity index (χ4n) is 10.0. The zero-order valence-electron chi connectivity index (χ0n) is 36.9. The Morgan fingerprint density at radius 2 is 0.701 bits per heavy atom. The van der Waals surface area contributed by atoms with Crippen LogP contribution in [0.15, 0.2) is 227 Å². The predicted octanol–water partition coefficient (Wildman–Crippen LogP) is 16.9. The summed E-state index contributed by atoms with van der Waals surface area (Å²) in [6.45, 7) is 4.71. The van der Waals surface area contributed by atoms with Gasteiger partial charge in [0.05, 0.1) is 0 Å². The van der Waals surface area contributed by atoms with Gasteiger partial charge in [0, 0.05) is 50.7 Å². The Balaban J connectivity index is 0.896. The normalized spacial score (nSPS) is 12.7. The van der Waals surface area contributed by atoms with Crippen molar-refractivity contribution in [1.29, 1.82) is 0 Å². The quantitative estimate of drug-likeness (QED) is 0.152. The summed E-state index contributed by atoms with van der Waals surface area (Å²) in [4.78, 5) is 14.3. The van der Waals surface area contributed by atoms with Crippen molar-refractivity contribution >= 4 is 77.9 Å². The summed E-state index contributed by atoms with van der Waals surface area (Å²) in [5.41, 5.74) is 16.3. The molecule has 0 N–H and O–H groups in total. The van der Waals surface area contributed by atoms with Gasteiger partial charge < -0.3 is 18.6 Å². The Bertz CT molecular complexity index is 3550. The highest BCUT2D eigenvalue weighted by atomic mass is 16.4. The Morgan fingerprint density at radius 3 is 1.13 bits per heavy atom. The Morgan fingerprint density at radius 1 is 0.343 bits per heavy atom. The number of fused-ring (bicyclic) bond motifs is 7. The number of rotatable bonds is 8. The summed E-state index contributed by atoms with van der Waals surface area (Å²) in [5.74, 6) is 1.22. The molecule has 67 heavy (non-hydrogen) atoms. The fraction of sp³-hybridized carbons (Fsp3) is 0.0492. The second-order valence-electron chi connectivity index (χ2n) is 17.9. The molecular weight excluding hydrogens is 821 g/mol. The van der Waals surface area contributed by atoms with Gasteiger partial charge in [-0.1, -0.05) is 111 Å². The van der Waals surface area contributed by atoms with E-state index in [2.05, 4.69) is 194 Å². The zero-order valence-corrected chi connectivity index (χ0v) is 36.9. The molecule has 10 aromatic carbocycles. The van der Waals surface area contributed by atoms with Crippen LogP contribution in [0, 0.1) is 0 Å². The summed E-state index contributed by atoms with van der Waals surface area (Å²) < 4.78 is 12.3. The number of anilines is 6. The number of para-hydroxylation sites is 4. The minimum absolute atomic E-state index is 0.311. The van der Waals surface area contributed by atoms with Gasteiger partial charge in [0.15, 0.2) is 11.2 Å². The third-order valence-corrected chi connectivity index (χ3v) is 13.5. The topological polar surface area (TPSA) is 58.5 Å². The highest BCUT2D eigenvalue weighted by molar-refractivity contribution is 5.93. The largest absolute Gasteiger partial charge is 0.436 e. The minimum atomic E-state index is -0.311. The number of aromatic nitrogens is 2. The van der Waals surface area contributed by atoms with E-state index in [1.807, 2.05) is 48.5 Å². The van der Waals surface area contributed by atoms with Crippen molar-refractivity contribution in [2.24, 2.45) is 0 Å². The van der Waals surface area contributed by atoms with E-state index in [9.17, 15) is 0 Å². The van der Waals surface area contributed by atoms with Crippen molar-refractivity contribution in [1.82, 2.24) is 9.97 Å². The van der Waals surface area contributed by atoms with Crippen LogP contribution in [-0.4, -0.2) is 9.97 Å². The van der Waals surface area contributed by atoms with E-state index in [4.69, 9.17) is 18.8 Å². The van der Waals surface area contributed by atoms with Crippen LogP contribution in [0.25, 0.3) is 77.8 Å². The first kappa shape index (κ1) is 38.7. The van der Waals surface area contributed by atoms with E-state index in [0.717, 1.165) is 67.5 Å². The summed E-state index contributed by atoms with van der Waals surface area (Å²) in [7, 11) is 0. The first-order chi connectivity index (χ1) is 32.9. The molecule has 0 unspecified atom stereocenters. The van der Waals surface area contributed by atoms with Crippen LogP contribution in [0.5, 0.6) is 0 Å². The molecule has 0 spiro atoms. The second kappa shape index (κ2) is 15.2. The molecule has 2 heterocycles. The number of oxazole rings is 2. The van der Waals surface area contributed by atoms with Gasteiger partial charge in [0.1, 0.15) is 11.0 Å². The molecule has 0 amide bonds. The summed E-state index contributed by atoms with van der Waals surface area (Å²) in [5, 5.41) is 4.78. The first-order valence-electron chi connectivity index (χ1n) is 22.7. The molecule has 0 bridgehead atoms. The maximum atomic E-state index is 6.16. The summed E-state index contributed by atoms with van der Waals surface area (Å²) in [6.07, 6.45) is 0. The number of hydrogen-bond donors (Lipinski definition) is 0. The van der Waals surface area contributed by atoms with Crippen LogP contribution in [-0.2, 0) is 5.41 Å². The molecule has 1 aliphatic carbocycles. The van der Waals surface area contributed by atoms with E-state index in [1.54, 1.807) is 0 Å². The van der Waals surface area contributed by atoms with Gasteiger partial charge in [-0.3, -0.25) is 0 Å². The average Bonchev–Trinajstić information content (AvgIpc) is 4.07. The molecule has 0 radical (unpaired) electrons. The molecule has 0 saturated carbocycles. The van der Waals surface area contributed by atoms with Crippen LogP contribution in [0.1, 0.15) is 25.0 Å². The smallest absolute Gasteiger partial charge is 0.227 e.